The van der Waals surface area contributed by atoms with Crippen molar-refractivity contribution in [3.05, 3.63) is 11.3 Å². The molecule has 0 amide bonds. The number of ether oxygens (including phenoxy) is 1. The van der Waals surface area contributed by atoms with E-state index in [-0.39, 0.29) is 12.4 Å². The third-order valence-corrected chi connectivity index (χ3v) is 5.06. The van der Waals surface area contributed by atoms with Gasteiger partial charge in [-0.05, 0) is 33.6 Å². The van der Waals surface area contributed by atoms with Crippen molar-refractivity contribution in [2.75, 3.05) is 17.9 Å². The molecule has 2 N–H and O–H groups in total. The fourth-order valence-electron chi connectivity index (χ4n) is 2.27. The Bertz CT molecular complexity index is 625. The van der Waals surface area contributed by atoms with Gasteiger partial charge >= 0.3 is 16.2 Å². The number of aromatic amines is 1. The third-order valence-electron chi connectivity index (χ3n) is 3.55. The molecule has 0 aliphatic carbocycles. The predicted octanol–water partition coefficient (Wildman–Crippen LogP) is 0.711. The van der Waals surface area contributed by atoms with Gasteiger partial charge in [-0.3, -0.25) is 14.6 Å². The topological polar surface area (TPSA) is 104 Å². The number of hydrogen-bond donors (Lipinski definition) is 2. The van der Waals surface area contributed by atoms with Gasteiger partial charge in [0.25, 0.3) is 0 Å². The second-order valence-electron chi connectivity index (χ2n) is 4.95. The van der Waals surface area contributed by atoms with Gasteiger partial charge in [0.15, 0.2) is 5.82 Å². The van der Waals surface area contributed by atoms with Crippen LogP contribution < -0.4 is 4.72 Å². The standard InChI is InChI=1S/C12H20N4O4S/c1-4-20-12(17)10-6-5-7-16(10)21(18,19)15-11-8(2)9(3)13-14-11/h10H,4-7H2,1-3H3,(H2,13,14,15). The average molecular weight is 316 g/mol. The molecule has 2 heterocycles. The number of H-pyrrole nitrogens is 1. The van der Waals surface area contributed by atoms with E-state index in [1.807, 2.05) is 0 Å². The van der Waals surface area contributed by atoms with Crippen LogP contribution in [-0.4, -0.2) is 48.1 Å². The van der Waals surface area contributed by atoms with Crippen LogP contribution in [0.5, 0.6) is 0 Å². The van der Waals surface area contributed by atoms with Crippen LogP contribution in [0.25, 0.3) is 0 Å². The molecule has 0 bridgehead atoms. The first-order valence-corrected chi connectivity index (χ1v) is 8.28. The van der Waals surface area contributed by atoms with Crippen molar-refractivity contribution in [3.63, 3.8) is 0 Å². The summed E-state index contributed by atoms with van der Waals surface area (Å²) in [5.41, 5.74) is 1.52. The Balaban J connectivity index is 2.18. The van der Waals surface area contributed by atoms with Crippen molar-refractivity contribution < 1.29 is 17.9 Å². The van der Waals surface area contributed by atoms with Crippen LogP contribution >= 0.6 is 0 Å². The zero-order chi connectivity index (χ0) is 15.6. The number of anilines is 1. The number of carbonyl (C=O) groups excluding carboxylic acids is 1. The van der Waals surface area contributed by atoms with Crippen molar-refractivity contribution in [3.8, 4) is 0 Å². The molecule has 0 spiro atoms. The van der Waals surface area contributed by atoms with Gasteiger partial charge in [-0.2, -0.15) is 17.8 Å². The van der Waals surface area contributed by atoms with E-state index in [0.717, 1.165) is 15.6 Å². The summed E-state index contributed by atoms with van der Waals surface area (Å²) in [5.74, 6) is -0.252. The zero-order valence-electron chi connectivity index (χ0n) is 12.3. The van der Waals surface area contributed by atoms with Crippen LogP contribution in [0, 0.1) is 13.8 Å². The highest BCUT2D eigenvalue weighted by atomic mass is 32.2. The largest absolute Gasteiger partial charge is 0.465 e. The van der Waals surface area contributed by atoms with Gasteiger partial charge < -0.3 is 4.74 Å². The summed E-state index contributed by atoms with van der Waals surface area (Å²) >= 11 is 0. The van der Waals surface area contributed by atoms with Crippen LogP contribution in [0.4, 0.5) is 5.82 Å². The van der Waals surface area contributed by atoms with E-state index in [4.69, 9.17) is 4.74 Å². The lowest BCUT2D eigenvalue weighted by Crippen LogP contribution is -2.44. The fraction of sp³-hybridized carbons (Fsp3) is 0.667. The molecule has 0 aromatic carbocycles. The van der Waals surface area contributed by atoms with Crippen molar-refractivity contribution in [2.24, 2.45) is 0 Å². The Morgan fingerprint density at radius 2 is 2.24 bits per heavy atom. The molecule has 1 atom stereocenters. The van der Waals surface area contributed by atoms with E-state index >= 15 is 0 Å². The molecule has 1 aromatic rings. The SMILES string of the molecule is CCOC(=O)C1CCCN1S(=O)(=O)Nc1n[nH]c(C)c1C. The van der Waals surface area contributed by atoms with Gasteiger partial charge in [-0.25, -0.2) is 0 Å². The monoisotopic (exact) mass is 316 g/mol. The number of esters is 1. The molecule has 1 aliphatic heterocycles. The van der Waals surface area contributed by atoms with E-state index in [0.29, 0.717) is 19.4 Å². The highest BCUT2D eigenvalue weighted by molar-refractivity contribution is 7.90. The second kappa shape index (κ2) is 6.02. The van der Waals surface area contributed by atoms with E-state index in [1.165, 1.54) is 0 Å². The molecular weight excluding hydrogens is 296 g/mol. The summed E-state index contributed by atoms with van der Waals surface area (Å²) < 4.78 is 33.4. The minimum Gasteiger partial charge on any atom is -0.465 e. The normalized spacial score (nSPS) is 19.7. The Hall–Kier alpha value is -1.61. The number of nitrogens with one attached hydrogen (secondary N) is 2. The molecule has 1 aromatic heterocycles. The Morgan fingerprint density at radius 1 is 1.52 bits per heavy atom. The van der Waals surface area contributed by atoms with Crippen LogP contribution in [0.15, 0.2) is 0 Å². The molecule has 118 valence electrons. The maximum absolute atomic E-state index is 12.4. The Kier molecular flexibility index (Phi) is 4.52. The molecule has 1 aliphatic rings. The summed E-state index contributed by atoms with van der Waals surface area (Å²) in [7, 11) is -3.83. The van der Waals surface area contributed by atoms with Crippen molar-refractivity contribution in [1.29, 1.82) is 0 Å². The van der Waals surface area contributed by atoms with Crippen LogP contribution in [0.1, 0.15) is 31.0 Å². The fourth-order valence-corrected chi connectivity index (χ4v) is 3.72. The second-order valence-corrected chi connectivity index (χ2v) is 6.57. The van der Waals surface area contributed by atoms with Crippen LogP contribution in [0.2, 0.25) is 0 Å². The lowest BCUT2D eigenvalue weighted by molar-refractivity contribution is -0.146. The average Bonchev–Trinajstić information content (AvgIpc) is 3.02. The Morgan fingerprint density at radius 3 is 2.81 bits per heavy atom. The lowest BCUT2D eigenvalue weighted by Gasteiger charge is -2.22. The number of hydrogen-bond acceptors (Lipinski definition) is 5. The number of carbonyl (C=O) groups is 1. The van der Waals surface area contributed by atoms with E-state index in [2.05, 4.69) is 14.9 Å². The smallest absolute Gasteiger partial charge is 0.324 e. The predicted molar refractivity (Wildman–Crippen MR) is 77.0 cm³/mol. The molecule has 0 radical (unpaired) electrons. The number of rotatable bonds is 5. The number of nitrogens with zero attached hydrogens (tertiary/aromatic N) is 2. The Labute approximate surface area is 124 Å². The highest BCUT2D eigenvalue weighted by Gasteiger charge is 2.40. The summed E-state index contributed by atoms with van der Waals surface area (Å²) in [5, 5.41) is 6.64. The molecule has 2 rings (SSSR count). The molecule has 21 heavy (non-hydrogen) atoms. The van der Waals surface area contributed by atoms with Gasteiger partial charge in [-0.15, -0.1) is 0 Å². The first-order valence-electron chi connectivity index (χ1n) is 6.84. The van der Waals surface area contributed by atoms with Crippen LogP contribution in [-0.2, 0) is 19.7 Å². The van der Waals surface area contributed by atoms with Gasteiger partial charge in [0.1, 0.15) is 6.04 Å². The molecular formula is C12H20N4O4S. The van der Waals surface area contributed by atoms with Gasteiger partial charge in [0.2, 0.25) is 0 Å². The van der Waals surface area contributed by atoms with E-state index < -0.39 is 22.2 Å². The number of aromatic nitrogens is 2. The van der Waals surface area contributed by atoms with Gasteiger partial charge in [0.05, 0.1) is 6.61 Å². The zero-order valence-corrected chi connectivity index (χ0v) is 13.2. The molecule has 1 saturated heterocycles. The summed E-state index contributed by atoms with van der Waals surface area (Å²) in [4.78, 5) is 11.8. The molecule has 8 nitrogen and oxygen atoms in total. The maximum Gasteiger partial charge on any atom is 0.324 e. The first-order chi connectivity index (χ1) is 9.86. The number of aryl methyl sites for hydroxylation is 1. The van der Waals surface area contributed by atoms with Gasteiger partial charge in [-0.1, -0.05) is 0 Å². The van der Waals surface area contributed by atoms with Crippen LogP contribution in [0.3, 0.4) is 0 Å². The van der Waals surface area contributed by atoms with Crippen molar-refractivity contribution in [2.45, 2.75) is 39.7 Å². The highest BCUT2D eigenvalue weighted by Crippen LogP contribution is 2.24. The van der Waals surface area contributed by atoms with Crippen molar-refractivity contribution >= 4 is 22.0 Å². The summed E-state index contributed by atoms with van der Waals surface area (Å²) in [6.07, 6.45) is 1.10. The first kappa shape index (κ1) is 15.8. The minimum atomic E-state index is -3.83. The van der Waals surface area contributed by atoms with Gasteiger partial charge in [0, 0.05) is 17.8 Å². The molecule has 9 heteroatoms. The van der Waals surface area contributed by atoms with E-state index in [9.17, 15) is 13.2 Å². The molecule has 0 saturated carbocycles. The van der Waals surface area contributed by atoms with Crippen molar-refractivity contribution in [1.82, 2.24) is 14.5 Å². The summed E-state index contributed by atoms with van der Waals surface area (Å²) in [6.45, 7) is 5.79. The molecule has 1 unspecified atom stereocenters. The van der Waals surface area contributed by atoms with E-state index in [1.54, 1.807) is 20.8 Å². The minimum absolute atomic E-state index is 0.230. The third kappa shape index (κ3) is 3.18. The quantitative estimate of drug-likeness (QED) is 0.779. The summed E-state index contributed by atoms with van der Waals surface area (Å²) in [6, 6.07) is -0.761. The lowest BCUT2D eigenvalue weighted by atomic mass is 10.2. The maximum atomic E-state index is 12.4. The molecule has 1 fully saturated rings.